The zero-order valence-corrected chi connectivity index (χ0v) is 17.3. The molecule has 0 saturated carbocycles. The van der Waals surface area contributed by atoms with Gasteiger partial charge in [-0.15, -0.1) is 0 Å². The minimum Gasteiger partial charge on any atom is -0.502 e. The average molecular weight is 363 g/mol. The fraction of sp³-hybridized carbons (Fsp3) is 0.231. The lowest BCUT2D eigenvalue weighted by Gasteiger charge is -1.89. The summed E-state index contributed by atoms with van der Waals surface area (Å²) in [6, 6.07) is 31.0. The fourth-order valence-corrected chi connectivity index (χ4v) is 1.90. The number of ether oxygens (including phenoxy) is 1. The lowest BCUT2D eigenvalue weighted by Crippen LogP contribution is -1.73. The van der Waals surface area contributed by atoms with E-state index in [1.807, 2.05) is 49.4 Å². The summed E-state index contributed by atoms with van der Waals surface area (Å²) in [6.45, 7) is 12.3. The Morgan fingerprint density at radius 1 is 0.667 bits per heavy atom. The summed E-state index contributed by atoms with van der Waals surface area (Å²) in [4.78, 5) is 0. The van der Waals surface area contributed by atoms with E-state index in [4.69, 9.17) is 0 Å². The lowest BCUT2D eigenvalue weighted by atomic mass is 10.2. The van der Waals surface area contributed by atoms with Crippen LogP contribution in [-0.2, 0) is 11.2 Å². The molecule has 3 aromatic carbocycles. The van der Waals surface area contributed by atoms with E-state index in [9.17, 15) is 0 Å². The van der Waals surface area contributed by atoms with E-state index in [0.717, 1.165) is 13.0 Å². The van der Waals surface area contributed by atoms with Crippen molar-refractivity contribution in [3.8, 4) is 0 Å². The second-order valence-corrected chi connectivity index (χ2v) is 5.77. The predicted octanol–water partition coefficient (Wildman–Crippen LogP) is 7.41. The van der Waals surface area contributed by atoms with Crippen molar-refractivity contribution in [3.63, 3.8) is 0 Å². The van der Waals surface area contributed by atoms with Gasteiger partial charge in [0.1, 0.15) is 0 Å². The van der Waals surface area contributed by atoms with E-state index in [2.05, 4.69) is 80.6 Å². The Labute approximate surface area is 166 Å². The Kier molecular flexibility index (Phi) is 16.1. The van der Waals surface area contributed by atoms with Crippen molar-refractivity contribution >= 4 is 0 Å². The van der Waals surface area contributed by atoms with Crippen LogP contribution in [0.4, 0.5) is 0 Å². The van der Waals surface area contributed by atoms with Gasteiger partial charge in [0.25, 0.3) is 0 Å². The first-order chi connectivity index (χ1) is 13.1. The molecule has 0 aliphatic rings. The van der Waals surface area contributed by atoms with Crippen LogP contribution in [0.2, 0.25) is 0 Å². The van der Waals surface area contributed by atoms with Gasteiger partial charge in [-0.05, 0) is 32.8 Å². The number of rotatable bonds is 3. The summed E-state index contributed by atoms with van der Waals surface area (Å²) in [5, 5.41) is 0. The molecule has 27 heavy (non-hydrogen) atoms. The van der Waals surface area contributed by atoms with Gasteiger partial charge in [-0.1, -0.05) is 116 Å². The van der Waals surface area contributed by atoms with Crippen molar-refractivity contribution in [3.05, 3.63) is 121 Å². The molecule has 0 bridgehead atoms. The molecule has 0 fully saturated rings. The van der Waals surface area contributed by atoms with E-state index in [1.165, 1.54) is 23.0 Å². The summed E-state index contributed by atoms with van der Waals surface area (Å²) in [5.41, 5.74) is 4.05. The van der Waals surface area contributed by atoms with Crippen molar-refractivity contribution in [1.29, 1.82) is 0 Å². The molecule has 0 saturated heterocycles. The molecule has 1 nitrogen and oxygen atoms in total. The van der Waals surface area contributed by atoms with E-state index >= 15 is 0 Å². The van der Waals surface area contributed by atoms with Crippen molar-refractivity contribution in [2.24, 2.45) is 0 Å². The first-order valence-corrected chi connectivity index (χ1v) is 9.43. The van der Waals surface area contributed by atoms with Crippen molar-refractivity contribution < 1.29 is 4.74 Å². The first-order valence-electron chi connectivity index (χ1n) is 9.43. The second kappa shape index (κ2) is 18.0. The molecule has 0 aliphatic carbocycles. The van der Waals surface area contributed by atoms with E-state index in [0.29, 0.717) is 0 Å². The molecule has 0 unspecified atom stereocenters. The zero-order chi connectivity index (χ0) is 20.2. The molecule has 0 atom stereocenters. The maximum atomic E-state index is 4.60. The molecule has 0 N–H and O–H groups in total. The fourth-order valence-electron chi connectivity index (χ4n) is 1.90. The summed E-state index contributed by atoms with van der Waals surface area (Å²) in [6.07, 6.45) is 2.57. The van der Waals surface area contributed by atoms with Crippen LogP contribution in [0.3, 0.4) is 0 Å². The van der Waals surface area contributed by atoms with Crippen LogP contribution in [0.15, 0.2) is 104 Å². The van der Waals surface area contributed by atoms with Gasteiger partial charge in [-0.25, -0.2) is 0 Å². The molecule has 0 heterocycles. The number of aryl methyl sites for hydroxylation is 3. The minimum atomic E-state index is 0.726. The molecule has 0 radical (unpaired) electrons. The standard InChI is InChI=1S/C8H10.2C7H8.C4H8O/c1-2-8-6-4-3-5-7-8;2*1-7-5-3-2-4-6-7;1-3-5-4-2/h3-7H,2H2,1H3;2*2-6H,1H3;3H,1,4H2,2H3. The lowest BCUT2D eigenvalue weighted by molar-refractivity contribution is 0.270. The van der Waals surface area contributed by atoms with Crippen LogP contribution in [0.1, 0.15) is 30.5 Å². The Morgan fingerprint density at radius 2 is 1.04 bits per heavy atom. The van der Waals surface area contributed by atoms with Gasteiger partial charge in [0.15, 0.2) is 0 Å². The minimum absolute atomic E-state index is 0.726. The van der Waals surface area contributed by atoms with Crippen LogP contribution in [-0.4, -0.2) is 6.61 Å². The molecule has 144 valence electrons. The highest BCUT2D eigenvalue weighted by Crippen LogP contribution is 1.97. The van der Waals surface area contributed by atoms with Crippen LogP contribution in [0.5, 0.6) is 0 Å². The summed E-state index contributed by atoms with van der Waals surface area (Å²) in [5.74, 6) is 0. The number of hydrogen-bond donors (Lipinski definition) is 0. The third-order valence-corrected chi connectivity index (χ3v) is 3.42. The third-order valence-electron chi connectivity index (χ3n) is 3.42. The van der Waals surface area contributed by atoms with Gasteiger partial charge < -0.3 is 4.74 Å². The van der Waals surface area contributed by atoms with E-state index < -0.39 is 0 Å². The van der Waals surface area contributed by atoms with Gasteiger partial charge in [-0.3, -0.25) is 0 Å². The van der Waals surface area contributed by atoms with Gasteiger partial charge in [0.05, 0.1) is 12.9 Å². The molecular weight excluding hydrogens is 328 g/mol. The Bertz CT molecular complexity index is 623. The molecule has 1 heteroatoms. The molecule has 0 aromatic heterocycles. The van der Waals surface area contributed by atoms with Gasteiger partial charge in [0.2, 0.25) is 0 Å². The maximum absolute atomic E-state index is 4.60. The van der Waals surface area contributed by atoms with E-state index in [-0.39, 0.29) is 0 Å². The summed E-state index contributed by atoms with van der Waals surface area (Å²) in [7, 11) is 0. The highest BCUT2D eigenvalue weighted by atomic mass is 16.5. The Morgan fingerprint density at radius 3 is 1.19 bits per heavy atom. The predicted molar refractivity (Wildman–Crippen MR) is 120 cm³/mol. The van der Waals surface area contributed by atoms with Crippen molar-refractivity contribution in [2.45, 2.75) is 34.1 Å². The van der Waals surface area contributed by atoms with Gasteiger partial charge in [0, 0.05) is 0 Å². The topological polar surface area (TPSA) is 9.23 Å². The SMILES string of the molecule is C=COCC.CCc1ccccc1.Cc1ccccc1.Cc1ccccc1. The van der Waals surface area contributed by atoms with Crippen LogP contribution >= 0.6 is 0 Å². The number of benzene rings is 3. The molecular formula is C26H34O. The van der Waals surface area contributed by atoms with Crippen molar-refractivity contribution in [2.75, 3.05) is 6.61 Å². The highest BCUT2D eigenvalue weighted by Gasteiger charge is 1.80. The monoisotopic (exact) mass is 362 g/mol. The largest absolute Gasteiger partial charge is 0.502 e. The zero-order valence-electron chi connectivity index (χ0n) is 17.3. The van der Waals surface area contributed by atoms with Crippen LogP contribution in [0, 0.1) is 13.8 Å². The average Bonchev–Trinajstić information content (AvgIpc) is 2.72. The van der Waals surface area contributed by atoms with Crippen molar-refractivity contribution in [1.82, 2.24) is 0 Å². The van der Waals surface area contributed by atoms with Crippen LogP contribution < -0.4 is 0 Å². The number of hydrogen-bond acceptors (Lipinski definition) is 1. The molecule has 0 aliphatic heterocycles. The summed E-state index contributed by atoms with van der Waals surface area (Å²) >= 11 is 0. The molecule has 0 amide bonds. The quantitative estimate of drug-likeness (QED) is 0.441. The molecule has 3 aromatic rings. The maximum Gasteiger partial charge on any atom is 0.0844 e. The van der Waals surface area contributed by atoms with Crippen LogP contribution in [0.25, 0.3) is 0 Å². The normalized spacial score (nSPS) is 8.44. The van der Waals surface area contributed by atoms with Gasteiger partial charge in [-0.2, -0.15) is 0 Å². The van der Waals surface area contributed by atoms with E-state index in [1.54, 1.807) is 0 Å². The molecule has 3 rings (SSSR count). The Hall–Kier alpha value is -2.80. The molecule has 0 spiro atoms. The smallest absolute Gasteiger partial charge is 0.0844 e. The third kappa shape index (κ3) is 16.4. The first kappa shape index (κ1) is 24.2. The second-order valence-electron chi connectivity index (χ2n) is 5.77. The highest BCUT2D eigenvalue weighted by molar-refractivity contribution is 5.14. The Balaban J connectivity index is 0.000000339. The summed E-state index contributed by atoms with van der Waals surface area (Å²) < 4.78 is 4.60. The van der Waals surface area contributed by atoms with Gasteiger partial charge >= 0.3 is 0 Å².